The predicted octanol–water partition coefficient (Wildman–Crippen LogP) is 1.72. The van der Waals surface area contributed by atoms with E-state index in [4.69, 9.17) is 10.3 Å². The third-order valence-electron chi connectivity index (χ3n) is 2.63. The van der Waals surface area contributed by atoms with Gasteiger partial charge in [0, 0.05) is 41.7 Å². The van der Waals surface area contributed by atoms with Crippen molar-refractivity contribution < 1.29 is 4.52 Å². The lowest BCUT2D eigenvalue weighted by molar-refractivity contribution is 0.431. The summed E-state index contributed by atoms with van der Waals surface area (Å²) in [7, 11) is 0. The van der Waals surface area contributed by atoms with Crippen LogP contribution in [0.1, 0.15) is 0 Å². The van der Waals surface area contributed by atoms with Crippen molar-refractivity contribution in [3.8, 4) is 23.0 Å². The van der Waals surface area contributed by atoms with Gasteiger partial charge in [0.05, 0.1) is 6.33 Å². The average molecular weight is 335 g/mol. The molecule has 0 atom stereocenters. The van der Waals surface area contributed by atoms with Gasteiger partial charge in [0.15, 0.2) is 0 Å². The Balaban J connectivity index is 1.89. The topological polar surface area (TPSA) is 95.7 Å². The molecule has 0 fully saturated rings. The minimum absolute atomic E-state index is 0.371. The zero-order valence-corrected chi connectivity index (χ0v) is 12.0. The molecule has 3 aromatic heterocycles. The second kappa shape index (κ2) is 5.51. The van der Waals surface area contributed by atoms with E-state index >= 15 is 0 Å². The lowest BCUT2D eigenvalue weighted by Gasteiger charge is -1.94. The van der Waals surface area contributed by atoms with Crippen LogP contribution in [0.3, 0.4) is 0 Å². The standard InChI is InChI=1S/C12H11BrN6O/c13-9-3-8(4-15-5-9)11-17-12(20-18-11)10-6-19(2-1-14)7-16-10/h3-7H,1-2,14H2. The first-order valence-corrected chi connectivity index (χ1v) is 6.72. The van der Waals surface area contributed by atoms with Gasteiger partial charge >= 0.3 is 0 Å². The lowest BCUT2D eigenvalue weighted by Crippen LogP contribution is -2.07. The molecule has 20 heavy (non-hydrogen) atoms. The summed E-state index contributed by atoms with van der Waals surface area (Å²) < 4.78 is 7.96. The molecule has 0 aromatic carbocycles. The Morgan fingerprint density at radius 1 is 1.35 bits per heavy atom. The van der Waals surface area contributed by atoms with Crippen LogP contribution in [0.2, 0.25) is 0 Å². The molecule has 0 spiro atoms. The van der Waals surface area contributed by atoms with Gasteiger partial charge in [0.2, 0.25) is 5.82 Å². The summed E-state index contributed by atoms with van der Waals surface area (Å²) in [4.78, 5) is 12.6. The molecule has 0 unspecified atom stereocenters. The predicted molar refractivity (Wildman–Crippen MR) is 75.5 cm³/mol. The van der Waals surface area contributed by atoms with E-state index in [0.717, 1.165) is 10.0 Å². The normalized spacial score (nSPS) is 10.9. The zero-order valence-electron chi connectivity index (χ0n) is 10.4. The molecule has 102 valence electrons. The molecule has 0 aliphatic rings. The third kappa shape index (κ3) is 2.61. The molecule has 0 amide bonds. The van der Waals surface area contributed by atoms with Crippen LogP contribution in [0.4, 0.5) is 0 Å². The van der Waals surface area contributed by atoms with Gasteiger partial charge in [0.25, 0.3) is 5.89 Å². The molecule has 0 radical (unpaired) electrons. The van der Waals surface area contributed by atoms with Crippen molar-refractivity contribution in [3.63, 3.8) is 0 Å². The maximum Gasteiger partial charge on any atom is 0.278 e. The van der Waals surface area contributed by atoms with Crippen LogP contribution >= 0.6 is 15.9 Å². The van der Waals surface area contributed by atoms with E-state index in [1.54, 1.807) is 18.7 Å². The molecule has 8 heteroatoms. The second-order valence-corrected chi connectivity index (χ2v) is 5.02. The van der Waals surface area contributed by atoms with Gasteiger partial charge in [0.1, 0.15) is 5.69 Å². The zero-order chi connectivity index (χ0) is 13.9. The van der Waals surface area contributed by atoms with E-state index in [2.05, 4.69) is 36.0 Å². The van der Waals surface area contributed by atoms with Crippen LogP contribution in [0.25, 0.3) is 23.0 Å². The van der Waals surface area contributed by atoms with Crippen LogP contribution in [0, 0.1) is 0 Å². The van der Waals surface area contributed by atoms with Gasteiger partial charge in [-0.05, 0) is 22.0 Å². The van der Waals surface area contributed by atoms with Gasteiger partial charge in [-0.3, -0.25) is 4.98 Å². The summed E-state index contributed by atoms with van der Waals surface area (Å²) in [6.07, 6.45) is 6.88. The highest BCUT2D eigenvalue weighted by atomic mass is 79.9. The minimum atomic E-state index is 0.371. The van der Waals surface area contributed by atoms with Crippen molar-refractivity contribution in [2.75, 3.05) is 6.54 Å². The molecule has 2 N–H and O–H groups in total. The summed E-state index contributed by atoms with van der Waals surface area (Å²) in [6.45, 7) is 1.25. The Labute approximate surface area is 123 Å². The highest BCUT2D eigenvalue weighted by Crippen LogP contribution is 2.22. The molecular weight excluding hydrogens is 324 g/mol. The monoisotopic (exact) mass is 334 g/mol. The molecule has 0 bridgehead atoms. The molecule has 3 aromatic rings. The van der Waals surface area contributed by atoms with E-state index in [1.807, 2.05) is 16.8 Å². The van der Waals surface area contributed by atoms with Crippen LogP contribution in [-0.4, -0.2) is 31.2 Å². The molecule has 0 saturated carbocycles. The lowest BCUT2D eigenvalue weighted by atomic mass is 10.3. The van der Waals surface area contributed by atoms with Gasteiger partial charge in [-0.1, -0.05) is 5.16 Å². The first-order valence-electron chi connectivity index (χ1n) is 5.93. The molecule has 0 aliphatic heterocycles. The number of hydrogen-bond donors (Lipinski definition) is 1. The minimum Gasteiger partial charge on any atom is -0.335 e. The molecule has 0 saturated heterocycles. The number of nitrogens with zero attached hydrogens (tertiary/aromatic N) is 5. The fourth-order valence-electron chi connectivity index (χ4n) is 1.72. The fraction of sp³-hybridized carbons (Fsp3) is 0.167. The van der Waals surface area contributed by atoms with Gasteiger partial charge in [-0.25, -0.2) is 4.98 Å². The number of pyridine rings is 1. The maximum atomic E-state index is 5.49. The van der Waals surface area contributed by atoms with Crippen molar-refractivity contribution in [1.82, 2.24) is 24.7 Å². The smallest absolute Gasteiger partial charge is 0.278 e. The number of aromatic nitrogens is 5. The molecule has 3 heterocycles. The summed E-state index contributed by atoms with van der Waals surface area (Å²) in [5, 5.41) is 3.94. The average Bonchev–Trinajstić information content (AvgIpc) is 3.07. The second-order valence-electron chi connectivity index (χ2n) is 4.10. The fourth-order valence-corrected chi connectivity index (χ4v) is 2.09. The summed E-state index contributed by atoms with van der Waals surface area (Å²) in [5.41, 5.74) is 6.89. The summed E-state index contributed by atoms with van der Waals surface area (Å²) >= 11 is 3.36. The van der Waals surface area contributed by atoms with Crippen molar-refractivity contribution in [2.24, 2.45) is 5.73 Å². The first kappa shape index (κ1) is 12.9. The van der Waals surface area contributed by atoms with Crippen LogP contribution in [-0.2, 0) is 6.54 Å². The highest BCUT2D eigenvalue weighted by molar-refractivity contribution is 9.10. The van der Waals surface area contributed by atoms with Crippen molar-refractivity contribution >= 4 is 15.9 Å². The number of imidazole rings is 1. The first-order chi connectivity index (χ1) is 9.76. The van der Waals surface area contributed by atoms with E-state index in [0.29, 0.717) is 30.5 Å². The van der Waals surface area contributed by atoms with Gasteiger partial charge in [-0.15, -0.1) is 0 Å². The van der Waals surface area contributed by atoms with E-state index in [1.165, 1.54) is 0 Å². The van der Waals surface area contributed by atoms with Crippen molar-refractivity contribution in [3.05, 3.63) is 35.5 Å². The number of nitrogens with two attached hydrogens (primary N) is 1. The Hall–Kier alpha value is -2.06. The van der Waals surface area contributed by atoms with Crippen molar-refractivity contribution in [1.29, 1.82) is 0 Å². The molecular formula is C12H11BrN6O. The van der Waals surface area contributed by atoms with Crippen LogP contribution in [0.5, 0.6) is 0 Å². The Bertz CT molecular complexity index is 722. The molecule has 0 aliphatic carbocycles. The quantitative estimate of drug-likeness (QED) is 0.780. The number of hydrogen-bond acceptors (Lipinski definition) is 6. The van der Waals surface area contributed by atoms with Gasteiger partial charge < -0.3 is 14.8 Å². The number of halogens is 1. The Morgan fingerprint density at radius 2 is 2.25 bits per heavy atom. The Morgan fingerprint density at radius 3 is 3.05 bits per heavy atom. The van der Waals surface area contributed by atoms with Crippen molar-refractivity contribution in [2.45, 2.75) is 6.54 Å². The molecule has 7 nitrogen and oxygen atoms in total. The van der Waals surface area contributed by atoms with E-state index in [-0.39, 0.29) is 0 Å². The van der Waals surface area contributed by atoms with Gasteiger partial charge in [-0.2, -0.15) is 4.98 Å². The largest absolute Gasteiger partial charge is 0.335 e. The summed E-state index contributed by atoms with van der Waals surface area (Å²) in [6, 6.07) is 1.87. The maximum absolute atomic E-state index is 5.49. The highest BCUT2D eigenvalue weighted by Gasteiger charge is 2.13. The van der Waals surface area contributed by atoms with Crippen LogP contribution < -0.4 is 5.73 Å². The SMILES string of the molecule is NCCn1cnc(-c2nc(-c3cncc(Br)c3)no2)c1. The van der Waals surface area contributed by atoms with E-state index < -0.39 is 0 Å². The molecule has 3 rings (SSSR count). The Kier molecular flexibility index (Phi) is 3.57. The van der Waals surface area contributed by atoms with Crippen LogP contribution in [0.15, 0.2) is 40.0 Å². The van der Waals surface area contributed by atoms with E-state index in [9.17, 15) is 0 Å². The third-order valence-corrected chi connectivity index (χ3v) is 3.06. The number of rotatable bonds is 4. The summed E-state index contributed by atoms with van der Waals surface area (Å²) in [5.74, 6) is 0.845.